The van der Waals surface area contributed by atoms with Crippen molar-refractivity contribution in [1.29, 1.82) is 5.26 Å². The lowest BCUT2D eigenvalue weighted by atomic mass is 10.1. The van der Waals surface area contributed by atoms with Crippen molar-refractivity contribution < 1.29 is 9.90 Å². The summed E-state index contributed by atoms with van der Waals surface area (Å²) in [4.78, 5) is 12.0. The quantitative estimate of drug-likeness (QED) is 0.911. The second kappa shape index (κ2) is 6.09. The molecule has 0 saturated heterocycles. The van der Waals surface area contributed by atoms with Crippen LogP contribution in [0.25, 0.3) is 0 Å². The molecule has 0 spiro atoms. The molecule has 0 aliphatic heterocycles. The van der Waals surface area contributed by atoms with Crippen LogP contribution < -0.4 is 5.32 Å². The average molecular weight is 287 g/mol. The van der Waals surface area contributed by atoms with Crippen LogP contribution in [-0.2, 0) is 6.54 Å². The van der Waals surface area contributed by atoms with Crippen LogP contribution in [0.3, 0.4) is 0 Å². The molecule has 2 N–H and O–H groups in total. The van der Waals surface area contributed by atoms with Gasteiger partial charge in [0.2, 0.25) is 0 Å². The smallest absolute Gasteiger partial charge is 0.253 e. The van der Waals surface area contributed by atoms with Gasteiger partial charge < -0.3 is 10.4 Å². The third-order valence-corrected chi connectivity index (χ3v) is 3.03. The van der Waals surface area contributed by atoms with Crippen molar-refractivity contribution in [3.05, 3.63) is 64.2 Å². The van der Waals surface area contributed by atoms with Crippen LogP contribution in [0.5, 0.6) is 5.75 Å². The zero-order valence-electron chi connectivity index (χ0n) is 10.4. The van der Waals surface area contributed by atoms with Crippen molar-refractivity contribution in [3.63, 3.8) is 0 Å². The van der Waals surface area contributed by atoms with E-state index in [9.17, 15) is 9.90 Å². The first kappa shape index (κ1) is 13.9. The number of amides is 1. The van der Waals surface area contributed by atoms with Gasteiger partial charge in [-0.3, -0.25) is 4.79 Å². The highest BCUT2D eigenvalue weighted by Crippen LogP contribution is 2.21. The van der Waals surface area contributed by atoms with Crippen molar-refractivity contribution >= 4 is 17.5 Å². The zero-order chi connectivity index (χ0) is 14.5. The summed E-state index contributed by atoms with van der Waals surface area (Å²) < 4.78 is 0. The Labute approximate surface area is 121 Å². The summed E-state index contributed by atoms with van der Waals surface area (Å²) in [5.74, 6) is -0.403. The van der Waals surface area contributed by atoms with E-state index in [4.69, 9.17) is 16.9 Å². The molecule has 0 aromatic heterocycles. The summed E-state index contributed by atoms with van der Waals surface area (Å²) in [6.07, 6.45) is 0. The molecule has 1 amide bonds. The van der Waals surface area contributed by atoms with Crippen LogP contribution >= 0.6 is 11.6 Å². The molecule has 2 rings (SSSR count). The monoisotopic (exact) mass is 286 g/mol. The van der Waals surface area contributed by atoms with Gasteiger partial charge in [0, 0.05) is 6.54 Å². The van der Waals surface area contributed by atoms with E-state index in [1.165, 1.54) is 18.2 Å². The van der Waals surface area contributed by atoms with Gasteiger partial charge >= 0.3 is 0 Å². The molecule has 100 valence electrons. The fourth-order valence-corrected chi connectivity index (χ4v) is 1.92. The van der Waals surface area contributed by atoms with E-state index in [1.54, 1.807) is 18.2 Å². The Hall–Kier alpha value is -2.51. The number of halogens is 1. The molecule has 0 bridgehead atoms. The van der Waals surface area contributed by atoms with Crippen LogP contribution in [0.15, 0.2) is 42.5 Å². The molecule has 0 atom stereocenters. The predicted octanol–water partition coefficient (Wildman–Crippen LogP) is 2.85. The second-order valence-corrected chi connectivity index (χ2v) is 4.57. The fraction of sp³-hybridized carbons (Fsp3) is 0.0667. The highest BCUT2D eigenvalue weighted by Gasteiger charge is 2.10. The van der Waals surface area contributed by atoms with E-state index in [-0.39, 0.29) is 28.8 Å². The molecule has 0 aliphatic rings. The minimum atomic E-state index is -0.381. The summed E-state index contributed by atoms with van der Waals surface area (Å²) in [6, 6.07) is 13.2. The molecular weight excluding hydrogens is 276 g/mol. The van der Waals surface area contributed by atoms with Crippen molar-refractivity contribution in [2.45, 2.75) is 6.54 Å². The molecule has 0 fully saturated rings. The molecule has 0 unspecified atom stereocenters. The summed E-state index contributed by atoms with van der Waals surface area (Å²) in [5.41, 5.74) is 1.56. The molecule has 0 saturated carbocycles. The number of carbonyl (C=O) groups is 1. The number of nitrogens with one attached hydrogen (secondary N) is 1. The van der Waals surface area contributed by atoms with Gasteiger partial charge in [0.25, 0.3) is 5.91 Å². The molecule has 2 aromatic carbocycles. The van der Waals surface area contributed by atoms with Crippen LogP contribution in [0.4, 0.5) is 0 Å². The van der Waals surface area contributed by atoms with E-state index in [1.807, 2.05) is 12.1 Å². The fourth-order valence-electron chi connectivity index (χ4n) is 1.72. The van der Waals surface area contributed by atoms with Gasteiger partial charge in [-0.05, 0) is 35.9 Å². The largest absolute Gasteiger partial charge is 0.508 e. The summed E-state index contributed by atoms with van der Waals surface area (Å²) in [7, 11) is 0. The van der Waals surface area contributed by atoms with Gasteiger partial charge in [0.15, 0.2) is 0 Å². The second-order valence-electron chi connectivity index (χ2n) is 4.16. The normalized spacial score (nSPS) is 9.80. The Morgan fingerprint density at radius 1 is 1.30 bits per heavy atom. The van der Waals surface area contributed by atoms with Gasteiger partial charge in [-0.1, -0.05) is 23.7 Å². The third-order valence-electron chi connectivity index (χ3n) is 2.70. The van der Waals surface area contributed by atoms with E-state index >= 15 is 0 Å². The Morgan fingerprint density at radius 3 is 2.85 bits per heavy atom. The van der Waals surface area contributed by atoms with Crippen molar-refractivity contribution in [2.75, 3.05) is 0 Å². The highest BCUT2D eigenvalue weighted by atomic mass is 35.5. The SMILES string of the molecule is N#Cc1cccc(CNC(=O)c2cc(O)ccc2Cl)c1. The molecular formula is C15H11ClN2O2. The van der Waals surface area contributed by atoms with Crippen LogP contribution in [0.2, 0.25) is 5.02 Å². The van der Waals surface area contributed by atoms with Crippen LogP contribution in [-0.4, -0.2) is 11.0 Å². The Balaban J connectivity index is 2.09. The topological polar surface area (TPSA) is 73.1 Å². The lowest BCUT2D eigenvalue weighted by molar-refractivity contribution is 0.0950. The lowest BCUT2D eigenvalue weighted by Gasteiger charge is -2.07. The average Bonchev–Trinajstić information content (AvgIpc) is 2.47. The van der Waals surface area contributed by atoms with Gasteiger partial charge in [0.05, 0.1) is 22.2 Å². The minimum Gasteiger partial charge on any atom is -0.508 e. The summed E-state index contributed by atoms with van der Waals surface area (Å²) >= 11 is 5.91. The maximum atomic E-state index is 12.0. The number of carbonyl (C=O) groups excluding carboxylic acids is 1. The summed E-state index contributed by atoms with van der Waals surface area (Å²) in [5, 5.41) is 21.1. The number of phenolic OH excluding ortho intramolecular Hbond substituents is 1. The first-order chi connectivity index (χ1) is 9.60. The number of aromatic hydroxyl groups is 1. The minimum absolute atomic E-state index is 0.0222. The maximum Gasteiger partial charge on any atom is 0.253 e. The van der Waals surface area contributed by atoms with E-state index in [0.717, 1.165) is 5.56 Å². The zero-order valence-corrected chi connectivity index (χ0v) is 11.2. The Bertz CT molecular complexity index is 693. The predicted molar refractivity (Wildman–Crippen MR) is 75.4 cm³/mol. The lowest BCUT2D eigenvalue weighted by Crippen LogP contribution is -2.23. The number of phenols is 1. The van der Waals surface area contributed by atoms with E-state index in [0.29, 0.717) is 5.56 Å². The number of hydrogen-bond donors (Lipinski definition) is 2. The van der Waals surface area contributed by atoms with Gasteiger partial charge in [-0.15, -0.1) is 0 Å². The number of nitrogens with zero attached hydrogens (tertiary/aromatic N) is 1. The Morgan fingerprint density at radius 2 is 2.10 bits per heavy atom. The first-order valence-electron chi connectivity index (χ1n) is 5.86. The standard InChI is InChI=1S/C15H11ClN2O2/c16-14-5-4-12(19)7-13(14)15(20)18-9-11-3-1-2-10(6-11)8-17/h1-7,19H,9H2,(H,18,20). The van der Waals surface area contributed by atoms with Gasteiger partial charge in [0.1, 0.15) is 5.75 Å². The third kappa shape index (κ3) is 3.28. The van der Waals surface area contributed by atoms with Crippen LogP contribution in [0, 0.1) is 11.3 Å². The van der Waals surface area contributed by atoms with Crippen LogP contribution in [0.1, 0.15) is 21.5 Å². The van der Waals surface area contributed by atoms with Crippen molar-refractivity contribution in [3.8, 4) is 11.8 Å². The number of benzene rings is 2. The van der Waals surface area contributed by atoms with E-state index in [2.05, 4.69) is 5.32 Å². The van der Waals surface area contributed by atoms with E-state index < -0.39 is 0 Å². The molecule has 20 heavy (non-hydrogen) atoms. The maximum absolute atomic E-state index is 12.0. The van der Waals surface area contributed by atoms with Gasteiger partial charge in [-0.2, -0.15) is 5.26 Å². The van der Waals surface area contributed by atoms with Crippen molar-refractivity contribution in [1.82, 2.24) is 5.32 Å². The molecule has 2 aromatic rings. The number of rotatable bonds is 3. The first-order valence-corrected chi connectivity index (χ1v) is 6.23. The molecule has 0 radical (unpaired) electrons. The Kier molecular flexibility index (Phi) is 4.24. The number of hydrogen-bond acceptors (Lipinski definition) is 3. The number of nitriles is 1. The molecule has 0 aliphatic carbocycles. The highest BCUT2D eigenvalue weighted by molar-refractivity contribution is 6.33. The molecule has 5 heteroatoms. The molecule has 4 nitrogen and oxygen atoms in total. The van der Waals surface area contributed by atoms with Crippen molar-refractivity contribution in [2.24, 2.45) is 0 Å². The summed E-state index contributed by atoms with van der Waals surface area (Å²) in [6.45, 7) is 0.278. The van der Waals surface area contributed by atoms with Gasteiger partial charge in [-0.25, -0.2) is 0 Å². The molecule has 0 heterocycles.